The minimum atomic E-state index is 0.189. The Bertz CT molecular complexity index is 787. The Labute approximate surface area is 128 Å². The number of hydrogen-bond acceptors (Lipinski definition) is 3. The number of nitrogens with zero attached hydrogens (tertiary/aromatic N) is 2. The summed E-state index contributed by atoms with van der Waals surface area (Å²) in [6, 6.07) is 14.1. The van der Waals surface area contributed by atoms with Crippen molar-refractivity contribution in [1.82, 2.24) is 9.97 Å². The van der Waals surface area contributed by atoms with E-state index in [2.05, 4.69) is 22.1 Å². The van der Waals surface area contributed by atoms with Gasteiger partial charge in [-0.15, -0.1) is 0 Å². The molecule has 0 atom stereocenters. The van der Waals surface area contributed by atoms with Crippen molar-refractivity contribution in [2.45, 2.75) is 19.8 Å². The van der Waals surface area contributed by atoms with Gasteiger partial charge in [0.25, 0.3) is 0 Å². The molecule has 0 bridgehead atoms. The van der Waals surface area contributed by atoms with Crippen LogP contribution < -0.4 is 4.74 Å². The summed E-state index contributed by atoms with van der Waals surface area (Å²) in [7, 11) is 0. The fourth-order valence-corrected chi connectivity index (χ4v) is 2.61. The summed E-state index contributed by atoms with van der Waals surface area (Å²) in [6.07, 6.45) is 1.42. The Hall–Kier alpha value is -2.13. The van der Waals surface area contributed by atoms with Crippen molar-refractivity contribution in [1.29, 1.82) is 0 Å². The molecule has 21 heavy (non-hydrogen) atoms. The number of ether oxygens (including phenoxy) is 1. The molecular formula is C17H15ClN2O. The van der Waals surface area contributed by atoms with Crippen LogP contribution in [0.1, 0.15) is 25.3 Å². The average Bonchev–Trinajstić information content (AvgIpc) is 2.47. The highest BCUT2D eigenvalue weighted by Crippen LogP contribution is 2.33. The van der Waals surface area contributed by atoms with Crippen LogP contribution in [0.4, 0.5) is 0 Å². The van der Waals surface area contributed by atoms with E-state index in [0.29, 0.717) is 11.0 Å². The second-order valence-corrected chi connectivity index (χ2v) is 5.51. The first kappa shape index (κ1) is 13.8. The largest absolute Gasteiger partial charge is 0.439 e. The molecule has 0 amide bonds. The Balaban J connectivity index is 2.00. The van der Waals surface area contributed by atoms with Gasteiger partial charge in [0.1, 0.15) is 17.2 Å². The maximum atomic E-state index is 6.15. The first-order valence-corrected chi connectivity index (χ1v) is 7.20. The smallest absolute Gasteiger partial charge is 0.227 e. The van der Waals surface area contributed by atoms with E-state index in [9.17, 15) is 0 Å². The van der Waals surface area contributed by atoms with E-state index in [1.807, 2.05) is 44.2 Å². The molecule has 0 aliphatic carbocycles. The van der Waals surface area contributed by atoms with E-state index in [1.165, 1.54) is 11.7 Å². The maximum absolute atomic E-state index is 6.15. The van der Waals surface area contributed by atoms with E-state index in [0.717, 1.165) is 16.7 Å². The SMILES string of the molecule is CC(C)c1c(Cl)ncnc1Oc1ccc2ccccc2c1. The molecule has 0 aliphatic heterocycles. The Morgan fingerprint density at radius 3 is 2.52 bits per heavy atom. The van der Waals surface area contributed by atoms with E-state index >= 15 is 0 Å². The fraction of sp³-hybridized carbons (Fsp3) is 0.176. The summed E-state index contributed by atoms with van der Waals surface area (Å²) in [5.74, 6) is 1.44. The first-order valence-electron chi connectivity index (χ1n) is 6.82. The molecule has 0 saturated carbocycles. The second-order valence-electron chi connectivity index (χ2n) is 5.15. The Morgan fingerprint density at radius 2 is 1.76 bits per heavy atom. The molecule has 0 fully saturated rings. The summed E-state index contributed by atoms with van der Waals surface area (Å²) in [5.41, 5.74) is 0.826. The molecule has 3 rings (SSSR count). The molecule has 4 heteroatoms. The van der Waals surface area contributed by atoms with Crippen molar-refractivity contribution in [2.24, 2.45) is 0 Å². The van der Waals surface area contributed by atoms with Crippen LogP contribution in [0, 0.1) is 0 Å². The quantitative estimate of drug-likeness (QED) is 0.623. The van der Waals surface area contributed by atoms with Gasteiger partial charge in [-0.2, -0.15) is 0 Å². The molecule has 1 heterocycles. The number of hydrogen-bond donors (Lipinski definition) is 0. The molecule has 3 nitrogen and oxygen atoms in total. The zero-order valence-corrected chi connectivity index (χ0v) is 12.6. The Morgan fingerprint density at radius 1 is 1.00 bits per heavy atom. The Kier molecular flexibility index (Phi) is 3.76. The van der Waals surface area contributed by atoms with Gasteiger partial charge < -0.3 is 4.74 Å². The van der Waals surface area contributed by atoms with Crippen molar-refractivity contribution >= 4 is 22.4 Å². The normalized spacial score (nSPS) is 11.0. The monoisotopic (exact) mass is 298 g/mol. The van der Waals surface area contributed by atoms with Crippen LogP contribution in [0.15, 0.2) is 48.8 Å². The molecule has 0 saturated heterocycles. The third kappa shape index (κ3) is 2.83. The van der Waals surface area contributed by atoms with Crippen LogP contribution in [0.3, 0.4) is 0 Å². The third-order valence-corrected chi connectivity index (χ3v) is 3.61. The van der Waals surface area contributed by atoms with Gasteiger partial charge >= 0.3 is 0 Å². The standard InChI is InChI=1S/C17H15ClN2O/c1-11(2)15-16(18)19-10-20-17(15)21-14-8-7-12-5-3-4-6-13(12)9-14/h3-11H,1-2H3. The van der Waals surface area contributed by atoms with Crippen LogP contribution >= 0.6 is 11.6 Å². The third-order valence-electron chi connectivity index (χ3n) is 3.31. The second kappa shape index (κ2) is 5.70. The van der Waals surface area contributed by atoms with Crippen molar-refractivity contribution in [3.8, 4) is 11.6 Å². The van der Waals surface area contributed by atoms with Gasteiger partial charge in [-0.05, 0) is 28.8 Å². The lowest BCUT2D eigenvalue weighted by Crippen LogP contribution is -1.99. The molecule has 106 valence electrons. The van der Waals surface area contributed by atoms with E-state index in [-0.39, 0.29) is 5.92 Å². The predicted octanol–water partition coefficient (Wildman–Crippen LogP) is 5.20. The van der Waals surface area contributed by atoms with Crippen LogP contribution in [-0.2, 0) is 0 Å². The van der Waals surface area contributed by atoms with Crippen LogP contribution in [0.25, 0.3) is 10.8 Å². The average molecular weight is 299 g/mol. The van der Waals surface area contributed by atoms with Crippen LogP contribution in [0.2, 0.25) is 5.15 Å². The van der Waals surface area contributed by atoms with Gasteiger partial charge in [-0.25, -0.2) is 9.97 Å². The van der Waals surface area contributed by atoms with E-state index in [4.69, 9.17) is 16.3 Å². The van der Waals surface area contributed by atoms with Crippen molar-refractivity contribution in [3.63, 3.8) is 0 Å². The summed E-state index contributed by atoms with van der Waals surface area (Å²) >= 11 is 6.15. The lowest BCUT2D eigenvalue weighted by Gasteiger charge is -2.13. The number of benzene rings is 2. The lowest BCUT2D eigenvalue weighted by atomic mass is 10.1. The molecule has 0 spiro atoms. The van der Waals surface area contributed by atoms with Gasteiger partial charge in [0.2, 0.25) is 5.88 Å². The fourth-order valence-electron chi connectivity index (χ4n) is 2.27. The molecule has 1 aromatic heterocycles. The highest BCUT2D eigenvalue weighted by molar-refractivity contribution is 6.30. The minimum Gasteiger partial charge on any atom is -0.439 e. The molecule has 2 aromatic carbocycles. The minimum absolute atomic E-state index is 0.189. The highest BCUT2D eigenvalue weighted by atomic mass is 35.5. The van der Waals surface area contributed by atoms with Crippen molar-refractivity contribution in [2.75, 3.05) is 0 Å². The van der Waals surface area contributed by atoms with E-state index in [1.54, 1.807) is 0 Å². The summed E-state index contributed by atoms with van der Waals surface area (Å²) in [4.78, 5) is 8.25. The lowest BCUT2D eigenvalue weighted by molar-refractivity contribution is 0.452. The number of aromatic nitrogens is 2. The zero-order chi connectivity index (χ0) is 14.8. The first-order chi connectivity index (χ1) is 10.1. The summed E-state index contributed by atoms with van der Waals surface area (Å²) in [5, 5.41) is 2.74. The van der Waals surface area contributed by atoms with Crippen molar-refractivity contribution < 1.29 is 4.74 Å². The molecular weight excluding hydrogens is 284 g/mol. The van der Waals surface area contributed by atoms with E-state index < -0.39 is 0 Å². The van der Waals surface area contributed by atoms with Gasteiger partial charge in [0, 0.05) is 0 Å². The molecule has 0 radical (unpaired) electrons. The number of fused-ring (bicyclic) bond motifs is 1. The van der Waals surface area contributed by atoms with Crippen molar-refractivity contribution in [3.05, 3.63) is 59.5 Å². The van der Waals surface area contributed by atoms with Gasteiger partial charge in [-0.1, -0.05) is 55.8 Å². The van der Waals surface area contributed by atoms with Gasteiger partial charge in [0.05, 0.1) is 5.56 Å². The van der Waals surface area contributed by atoms with Gasteiger partial charge in [-0.3, -0.25) is 0 Å². The number of rotatable bonds is 3. The molecule has 3 aromatic rings. The highest BCUT2D eigenvalue weighted by Gasteiger charge is 2.15. The van der Waals surface area contributed by atoms with Crippen LogP contribution in [0.5, 0.6) is 11.6 Å². The van der Waals surface area contributed by atoms with Crippen LogP contribution in [-0.4, -0.2) is 9.97 Å². The maximum Gasteiger partial charge on any atom is 0.227 e. The predicted molar refractivity (Wildman–Crippen MR) is 85.2 cm³/mol. The topological polar surface area (TPSA) is 35.0 Å². The zero-order valence-electron chi connectivity index (χ0n) is 11.9. The summed E-state index contributed by atoms with van der Waals surface area (Å²) < 4.78 is 5.92. The molecule has 0 N–H and O–H groups in total. The molecule has 0 aliphatic rings. The summed E-state index contributed by atoms with van der Waals surface area (Å²) in [6.45, 7) is 4.08. The van der Waals surface area contributed by atoms with Gasteiger partial charge in [0.15, 0.2) is 0 Å². The number of halogens is 1. The molecule has 0 unspecified atom stereocenters.